The lowest BCUT2D eigenvalue weighted by Gasteiger charge is -2.11. The van der Waals surface area contributed by atoms with Gasteiger partial charge in [-0.1, -0.05) is 29.8 Å². The predicted molar refractivity (Wildman–Crippen MR) is 105 cm³/mol. The molecule has 2 aromatic carbocycles. The number of hydrogen-bond donors (Lipinski definition) is 2. The van der Waals surface area contributed by atoms with Gasteiger partial charge in [-0.25, -0.2) is 4.98 Å². The topological polar surface area (TPSA) is 49.8 Å². The Morgan fingerprint density at radius 3 is 2.36 bits per heavy atom. The Hall–Kier alpha value is -2.59. The SMILES string of the molecule is Cc1cc(NCc2ccc(Cl)cc2)nc(Nc2ccc(C)c(C)c2)n1. The third-order valence-electron chi connectivity index (χ3n) is 4.00. The van der Waals surface area contributed by atoms with Crippen LogP contribution in [0.25, 0.3) is 0 Å². The van der Waals surface area contributed by atoms with E-state index in [1.165, 1.54) is 11.1 Å². The quantitative estimate of drug-likeness (QED) is 0.644. The largest absolute Gasteiger partial charge is 0.366 e. The highest BCUT2D eigenvalue weighted by molar-refractivity contribution is 6.30. The van der Waals surface area contributed by atoms with Gasteiger partial charge in [0, 0.05) is 29.0 Å². The molecule has 0 aliphatic heterocycles. The summed E-state index contributed by atoms with van der Waals surface area (Å²) in [6.45, 7) is 6.83. The number of nitrogens with zero attached hydrogens (tertiary/aromatic N) is 2. The summed E-state index contributed by atoms with van der Waals surface area (Å²) in [5, 5.41) is 7.35. The van der Waals surface area contributed by atoms with Crippen LogP contribution in [0.1, 0.15) is 22.4 Å². The molecule has 1 heterocycles. The molecule has 0 saturated carbocycles. The number of benzene rings is 2. The zero-order valence-electron chi connectivity index (χ0n) is 14.6. The normalized spacial score (nSPS) is 10.6. The first-order valence-electron chi connectivity index (χ1n) is 8.18. The van der Waals surface area contributed by atoms with Gasteiger partial charge in [0.25, 0.3) is 0 Å². The van der Waals surface area contributed by atoms with Crippen LogP contribution in [0.15, 0.2) is 48.5 Å². The van der Waals surface area contributed by atoms with Gasteiger partial charge >= 0.3 is 0 Å². The molecule has 0 spiro atoms. The van der Waals surface area contributed by atoms with Crippen LogP contribution in [0.5, 0.6) is 0 Å². The summed E-state index contributed by atoms with van der Waals surface area (Å²) >= 11 is 5.92. The molecule has 4 nitrogen and oxygen atoms in total. The van der Waals surface area contributed by atoms with E-state index in [0.717, 1.165) is 27.8 Å². The van der Waals surface area contributed by atoms with E-state index in [2.05, 4.69) is 46.6 Å². The van der Waals surface area contributed by atoms with E-state index in [9.17, 15) is 0 Å². The highest BCUT2D eigenvalue weighted by Gasteiger charge is 2.04. The molecule has 0 aliphatic rings. The van der Waals surface area contributed by atoms with E-state index in [-0.39, 0.29) is 0 Å². The number of hydrogen-bond acceptors (Lipinski definition) is 4. The molecule has 3 rings (SSSR count). The van der Waals surface area contributed by atoms with Crippen molar-refractivity contribution >= 4 is 29.1 Å². The second kappa shape index (κ2) is 7.53. The molecule has 1 aromatic heterocycles. The molecule has 0 bridgehead atoms. The fourth-order valence-corrected chi connectivity index (χ4v) is 2.58. The third kappa shape index (κ3) is 4.70. The van der Waals surface area contributed by atoms with E-state index < -0.39 is 0 Å². The molecular formula is C20H21ClN4. The zero-order chi connectivity index (χ0) is 17.8. The van der Waals surface area contributed by atoms with Crippen molar-refractivity contribution in [1.82, 2.24) is 9.97 Å². The maximum Gasteiger partial charge on any atom is 0.229 e. The number of aryl methyl sites for hydroxylation is 3. The molecule has 128 valence electrons. The van der Waals surface area contributed by atoms with Gasteiger partial charge in [-0.2, -0.15) is 4.98 Å². The lowest BCUT2D eigenvalue weighted by Crippen LogP contribution is -2.05. The van der Waals surface area contributed by atoms with Crippen LogP contribution in [0.2, 0.25) is 5.02 Å². The van der Waals surface area contributed by atoms with Gasteiger partial charge < -0.3 is 10.6 Å². The first-order chi connectivity index (χ1) is 12.0. The van der Waals surface area contributed by atoms with E-state index in [0.29, 0.717) is 12.5 Å². The molecule has 0 aliphatic carbocycles. The molecule has 0 atom stereocenters. The highest BCUT2D eigenvalue weighted by Crippen LogP contribution is 2.19. The summed E-state index contributed by atoms with van der Waals surface area (Å²) in [6, 6.07) is 15.9. The Morgan fingerprint density at radius 1 is 0.880 bits per heavy atom. The van der Waals surface area contributed by atoms with Gasteiger partial charge in [0.1, 0.15) is 5.82 Å². The molecule has 0 amide bonds. The lowest BCUT2D eigenvalue weighted by molar-refractivity contribution is 1.06. The van der Waals surface area contributed by atoms with Gasteiger partial charge in [-0.15, -0.1) is 0 Å². The average Bonchev–Trinajstić information content (AvgIpc) is 2.57. The Labute approximate surface area is 153 Å². The van der Waals surface area contributed by atoms with Crippen molar-refractivity contribution in [3.63, 3.8) is 0 Å². The van der Waals surface area contributed by atoms with Crippen molar-refractivity contribution in [2.24, 2.45) is 0 Å². The highest BCUT2D eigenvalue weighted by atomic mass is 35.5. The average molecular weight is 353 g/mol. The predicted octanol–water partition coefficient (Wildman–Crippen LogP) is 5.41. The summed E-state index contributed by atoms with van der Waals surface area (Å²) < 4.78 is 0. The Kier molecular flexibility index (Phi) is 5.19. The number of rotatable bonds is 5. The Morgan fingerprint density at radius 2 is 1.64 bits per heavy atom. The van der Waals surface area contributed by atoms with Crippen molar-refractivity contribution < 1.29 is 0 Å². The van der Waals surface area contributed by atoms with E-state index in [4.69, 9.17) is 11.6 Å². The zero-order valence-corrected chi connectivity index (χ0v) is 15.4. The van der Waals surface area contributed by atoms with E-state index in [1.54, 1.807) is 0 Å². The van der Waals surface area contributed by atoms with Crippen LogP contribution in [0, 0.1) is 20.8 Å². The van der Waals surface area contributed by atoms with Crippen LogP contribution in [-0.4, -0.2) is 9.97 Å². The first kappa shape index (κ1) is 17.2. The van der Waals surface area contributed by atoms with Crippen LogP contribution in [-0.2, 0) is 6.54 Å². The molecule has 0 unspecified atom stereocenters. The molecule has 0 saturated heterocycles. The third-order valence-corrected chi connectivity index (χ3v) is 4.26. The maximum atomic E-state index is 5.92. The molecular weight excluding hydrogens is 332 g/mol. The summed E-state index contributed by atoms with van der Waals surface area (Å²) in [4.78, 5) is 9.02. The van der Waals surface area contributed by atoms with Gasteiger partial charge in [-0.3, -0.25) is 0 Å². The summed E-state index contributed by atoms with van der Waals surface area (Å²) in [6.07, 6.45) is 0. The molecule has 5 heteroatoms. The fourth-order valence-electron chi connectivity index (χ4n) is 2.46. The van der Waals surface area contributed by atoms with Crippen molar-refractivity contribution in [2.75, 3.05) is 10.6 Å². The first-order valence-corrected chi connectivity index (χ1v) is 8.56. The minimum atomic E-state index is 0.585. The Balaban J connectivity index is 1.73. The number of anilines is 3. The standard InChI is InChI=1S/C20H21ClN4/c1-13-4-9-18(10-14(13)2)24-20-23-15(3)11-19(25-20)22-12-16-5-7-17(21)8-6-16/h4-11H,12H2,1-3H3,(H2,22,23,24,25). The molecule has 3 aromatic rings. The smallest absolute Gasteiger partial charge is 0.229 e. The minimum Gasteiger partial charge on any atom is -0.366 e. The number of halogens is 1. The van der Waals surface area contributed by atoms with Crippen LogP contribution < -0.4 is 10.6 Å². The monoisotopic (exact) mass is 352 g/mol. The molecule has 0 fully saturated rings. The van der Waals surface area contributed by atoms with Crippen molar-refractivity contribution in [1.29, 1.82) is 0 Å². The van der Waals surface area contributed by atoms with Crippen molar-refractivity contribution in [3.05, 3.63) is 75.9 Å². The van der Waals surface area contributed by atoms with Gasteiger partial charge in [0.05, 0.1) is 0 Å². The van der Waals surface area contributed by atoms with E-state index >= 15 is 0 Å². The second-order valence-corrected chi connectivity index (χ2v) is 6.56. The number of nitrogens with one attached hydrogen (secondary N) is 2. The summed E-state index contributed by atoms with van der Waals surface area (Å²) in [5.41, 5.74) is 5.53. The van der Waals surface area contributed by atoms with Crippen LogP contribution in [0.3, 0.4) is 0 Å². The maximum absolute atomic E-state index is 5.92. The molecule has 25 heavy (non-hydrogen) atoms. The summed E-state index contributed by atoms with van der Waals surface area (Å²) in [7, 11) is 0. The minimum absolute atomic E-state index is 0.585. The van der Waals surface area contributed by atoms with Crippen LogP contribution in [0.4, 0.5) is 17.5 Å². The number of aromatic nitrogens is 2. The van der Waals surface area contributed by atoms with Gasteiger partial charge in [0.2, 0.25) is 5.95 Å². The van der Waals surface area contributed by atoms with Crippen LogP contribution >= 0.6 is 11.6 Å². The van der Waals surface area contributed by atoms with E-state index in [1.807, 2.05) is 43.3 Å². The van der Waals surface area contributed by atoms with Gasteiger partial charge in [-0.05, 0) is 61.7 Å². The summed E-state index contributed by atoms with van der Waals surface area (Å²) in [5.74, 6) is 1.37. The molecule has 2 N–H and O–H groups in total. The second-order valence-electron chi connectivity index (χ2n) is 6.12. The fraction of sp³-hybridized carbons (Fsp3) is 0.200. The van der Waals surface area contributed by atoms with Crippen molar-refractivity contribution in [2.45, 2.75) is 27.3 Å². The van der Waals surface area contributed by atoms with Crippen molar-refractivity contribution in [3.8, 4) is 0 Å². The van der Waals surface area contributed by atoms with Gasteiger partial charge in [0.15, 0.2) is 0 Å². The lowest BCUT2D eigenvalue weighted by atomic mass is 10.1. The molecule has 0 radical (unpaired) electrons. The Bertz CT molecular complexity index is 875.